The van der Waals surface area contributed by atoms with Crippen LogP contribution in [0, 0.1) is 11.6 Å². The van der Waals surface area contributed by atoms with Gasteiger partial charge in [-0.25, -0.2) is 8.78 Å². The number of rotatable bonds is 8. The van der Waals surface area contributed by atoms with Gasteiger partial charge in [-0.2, -0.15) is 0 Å². The molecule has 0 aliphatic carbocycles. The Bertz CT molecular complexity index is 1190. The van der Waals surface area contributed by atoms with Crippen LogP contribution in [-0.4, -0.2) is 25.1 Å². The van der Waals surface area contributed by atoms with Gasteiger partial charge in [0, 0.05) is 17.7 Å². The molecule has 8 heteroatoms. The minimum Gasteiger partial charge on any atom is -0.484 e. The Hall–Kier alpha value is -4.20. The van der Waals surface area contributed by atoms with Crippen LogP contribution in [0.5, 0.6) is 17.2 Å². The lowest BCUT2D eigenvalue weighted by Crippen LogP contribution is -2.28. The quantitative estimate of drug-likeness (QED) is 0.409. The van der Waals surface area contributed by atoms with Gasteiger partial charge in [0.05, 0.1) is 0 Å². The van der Waals surface area contributed by atoms with Crippen LogP contribution in [0.2, 0.25) is 0 Å². The Kier molecular flexibility index (Phi) is 6.64. The molecule has 0 fully saturated rings. The molecule has 0 radical (unpaired) electrons. The summed E-state index contributed by atoms with van der Waals surface area (Å²) in [6, 6.07) is 15.0. The van der Waals surface area contributed by atoms with Crippen molar-refractivity contribution >= 4 is 17.8 Å². The first kappa shape index (κ1) is 22.0. The van der Waals surface area contributed by atoms with Gasteiger partial charge in [-0.1, -0.05) is 12.1 Å². The Morgan fingerprint density at radius 2 is 1.70 bits per heavy atom. The average molecular weight is 451 g/mol. The molecule has 168 valence electrons. The summed E-state index contributed by atoms with van der Waals surface area (Å²) >= 11 is 0. The van der Waals surface area contributed by atoms with Gasteiger partial charge in [0.1, 0.15) is 17.4 Å². The number of hydrogen-bond acceptors (Lipinski definition) is 5. The molecule has 0 aromatic heterocycles. The van der Waals surface area contributed by atoms with Crippen molar-refractivity contribution in [1.29, 1.82) is 0 Å². The van der Waals surface area contributed by atoms with Gasteiger partial charge in [-0.3, -0.25) is 9.59 Å². The maximum Gasteiger partial charge on any atom is 0.258 e. The summed E-state index contributed by atoms with van der Waals surface area (Å²) in [6.07, 6.45) is 2.20. The summed E-state index contributed by atoms with van der Waals surface area (Å²) in [4.78, 5) is 24.3. The molecular formula is C25H19F2NO5. The van der Waals surface area contributed by atoms with E-state index in [-0.39, 0.29) is 24.9 Å². The van der Waals surface area contributed by atoms with Crippen molar-refractivity contribution in [2.75, 3.05) is 13.4 Å². The highest BCUT2D eigenvalue weighted by Crippen LogP contribution is 2.32. The van der Waals surface area contributed by atoms with Crippen LogP contribution >= 0.6 is 0 Å². The summed E-state index contributed by atoms with van der Waals surface area (Å²) in [5.74, 6) is -0.534. The third-order valence-electron chi connectivity index (χ3n) is 4.84. The first-order valence-corrected chi connectivity index (χ1v) is 10.0. The second-order valence-corrected chi connectivity index (χ2v) is 7.11. The van der Waals surface area contributed by atoms with Gasteiger partial charge in [-0.05, 0) is 66.2 Å². The number of ether oxygens (including phenoxy) is 3. The second-order valence-electron chi connectivity index (χ2n) is 7.11. The molecule has 0 bridgehead atoms. The van der Waals surface area contributed by atoms with Crippen LogP contribution in [0.1, 0.15) is 21.5 Å². The predicted molar refractivity (Wildman–Crippen MR) is 116 cm³/mol. The molecule has 0 saturated carbocycles. The van der Waals surface area contributed by atoms with E-state index in [0.717, 1.165) is 29.8 Å². The highest BCUT2D eigenvalue weighted by atomic mass is 19.1. The molecule has 0 spiro atoms. The number of halogens is 2. The molecule has 0 unspecified atom stereocenters. The Morgan fingerprint density at radius 1 is 0.970 bits per heavy atom. The lowest BCUT2D eigenvalue weighted by Gasteiger charge is -2.08. The van der Waals surface area contributed by atoms with Crippen molar-refractivity contribution < 1.29 is 32.6 Å². The Balaban J connectivity index is 1.26. The monoisotopic (exact) mass is 451 g/mol. The molecule has 1 N–H and O–H groups in total. The molecule has 1 aliphatic heterocycles. The number of carbonyl (C=O) groups excluding carboxylic acids is 2. The highest BCUT2D eigenvalue weighted by Gasteiger charge is 2.13. The number of ketones is 1. The molecule has 33 heavy (non-hydrogen) atoms. The number of benzene rings is 3. The molecule has 3 aromatic carbocycles. The van der Waals surface area contributed by atoms with Crippen molar-refractivity contribution in [3.63, 3.8) is 0 Å². The van der Waals surface area contributed by atoms with E-state index < -0.39 is 17.4 Å². The van der Waals surface area contributed by atoms with E-state index in [4.69, 9.17) is 14.2 Å². The topological polar surface area (TPSA) is 73.9 Å². The van der Waals surface area contributed by atoms with Crippen molar-refractivity contribution in [3.05, 3.63) is 95.1 Å². The summed E-state index contributed by atoms with van der Waals surface area (Å²) in [5.41, 5.74) is 0.888. The zero-order valence-electron chi connectivity index (χ0n) is 17.3. The summed E-state index contributed by atoms with van der Waals surface area (Å²) in [6.45, 7) is 0.287. The Morgan fingerprint density at radius 3 is 2.45 bits per heavy atom. The SMILES string of the molecule is O=C(COc1ccc(C(=O)/C=C/c2c(F)cccc2F)cc1)NCc1ccc2c(c1)OCO2. The fourth-order valence-corrected chi connectivity index (χ4v) is 3.09. The van der Waals surface area contributed by atoms with E-state index in [1.807, 2.05) is 6.07 Å². The number of nitrogens with one attached hydrogen (secondary N) is 1. The van der Waals surface area contributed by atoms with Crippen LogP contribution < -0.4 is 19.5 Å². The average Bonchev–Trinajstić information content (AvgIpc) is 3.29. The Labute approximate surface area is 188 Å². The number of fused-ring (bicyclic) bond motifs is 1. The molecular weight excluding hydrogens is 432 g/mol. The summed E-state index contributed by atoms with van der Waals surface area (Å²) < 4.78 is 43.3. The van der Waals surface area contributed by atoms with Gasteiger partial charge in [0.2, 0.25) is 6.79 Å². The van der Waals surface area contributed by atoms with E-state index in [9.17, 15) is 18.4 Å². The van der Waals surface area contributed by atoms with Gasteiger partial charge in [0.15, 0.2) is 23.9 Å². The molecule has 0 atom stereocenters. The van der Waals surface area contributed by atoms with Crippen molar-refractivity contribution in [2.45, 2.75) is 6.54 Å². The molecule has 1 amide bonds. The minimum absolute atomic E-state index is 0.184. The van der Waals surface area contributed by atoms with Crippen molar-refractivity contribution in [3.8, 4) is 17.2 Å². The fraction of sp³-hybridized carbons (Fsp3) is 0.120. The van der Waals surface area contributed by atoms with Crippen molar-refractivity contribution in [1.82, 2.24) is 5.32 Å². The standard InChI is InChI=1S/C25H19F2NO5/c26-20-2-1-3-21(27)19(20)9-10-22(29)17-5-7-18(8-6-17)31-14-25(30)28-13-16-4-11-23-24(12-16)33-15-32-23/h1-12H,13-15H2,(H,28,30)/b10-9+. The van der Waals surface area contributed by atoms with Gasteiger partial charge in [0.25, 0.3) is 5.91 Å². The van der Waals surface area contributed by atoms with Crippen LogP contribution in [0.3, 0.4) is 0 Å². The molecule has 4 rings (SSSR count). The highest BCUT2D eigenvalue weighted by molar-refractivity contribution is 6.06. The molecule has 3 aromatic rings. The largest absolute Gasteiger partial charge is 0.484 e. The van der Waals surface area contributed by atoms with E-state index in [1.165, 1.54) is 30.3 Å². The smallest absolute Gasteiger partial charge is 0.258 e. The normalized spacial score (nSPS) is 12.1. The first-order valence-electron chi connectivity index (χ1n) is 10.0. The van der Waals surface area contributed by atoms with E-state index in [0.29, 0.717) is 29.4 Å². The molecule has 1 aliphatic rings. The van der Waals surface area contributed by atoms with Crippen LogP contribution in [0.4, 0.5) is 8.78 Å². The molecule has 1 heterocycles. The molecule has 6 nitrogen and oxygen atoms in total. The van der Waals surface area contributed by atoms with E-state index >= 15 is 0 Å². The van der Waals surface area contributed by atoms with Crippen molar-refractivity contribution in [2.24, 2.45) is 0 Å². The van der Waals surface area contributed by atoms with Gasteiger partial charge >= 0.3 is 0 Å². The van der Waals surface area contributed by atoms with Gasteiger partial charge < -0.3 is 19.5 Å². The fourth-order valence-electron chi connectivity index (χ4n) is 3.09. The zero-order chi connectivity index (χ0) is 23.2. The number of hydrogen-bond donors (Lipinski definition) is 1. The summed E-state index contributed by atoms with van der Waals surface area (Å²) in [5, 5.41) is 2.75. The van der Waals surface area contributed by atoms with Crippen LogP contribution in [-0.2, 0) is 11.3 Å². The molecule has 0 saturated heterocycles. The third kappa shape index (κ3) is 5.54. The van der Waals surface area contributed by atoms with Gasteiger partial charge in [-0.15, -0.1) is 0 Å². The zero-order valence-corrected chi connectivity index (χ0v) is 17.3. The number of carbonyl (C=O) groups is 2. The van der Waals surface area contributed by atoms with Crippen LogP contribution in [0.25, 0.3) is 6.08 Å². The van der Waals surface area contributed by atoms with E-state index in [2.05, 4.69) is 5.32 Å². The second kappa shape index (κ2) is 9.95. The maximum atomic E-state index is 13.6. The van der Waals surface area contributed by atoms with Crippen LogP contribution in [0.15, 0.2) is 66.7 Å². The first-order chi connectivity index (χ1) is 16.0. The predicted octanol–water partition coefficient (Wildman–Crippen LogP) is 4.28. The third-order valence-corrected chi connectivity index (χ3v) is 4.84. The summed E-state index contributed by atoms with van der Waals surface area (Å²) in [7, 11) is 0. The van der Waals surface area contributed by atoms with E-state index in [1.54, 1.807) is 12.1 Å². The maximum absolute atomic E-state index is 13.6. The lowest BCUT2D eigenvalue weighted by molar-refractivity contribution is -0.123. The lowest BCUT2D eigenvalue weighted by atomic mass is 10.1. The minimum atomic E-state index is -0.750. The number of allylic oxidation sites excluding steroid dienone is 1. The number of amides is 1.